The average molecular weight is 273 g/mol. The number of benzene rings is 1. The minimum absolute atomic E-state index is 0.487. The van der Waals surface area contributed by atoms with Gasteiger partial charge in [0.25, 0.3) is 0 Å². The van der Waals surface area contributed by atoms with Crippen molar-refractivity contribution in [2.24, 2.45) is 0 Å². The second-order valence-corrected chi connectivity index (χ2v) is 4.91. The Morgan fingerprint density at radius 3 is 2.71 bits per heavy atom. The van der Waals surface area contributed by atoms with E-state index in [-0.39, 0.29) is 0 Å². The number of para-hydroxylation sites is 1. The van der Waals surface area contributed by atoms with Crippen LogP contribution < -0.4 is 10.3 Å². The van der Waals surface area contributed by atoms with Crippen molar-refractivity contribution in [1.82, 2.24) is 9.97 Å². The molecule has 0 atom stereocenters. The van der Waals surface area contributed by atoms with Crippen LogP contribution >= 0.6 is 0 Å². The maximum absolute atomic E-state index is 5.69. The lowest BCUT2D eigenvalue weighted by Gasteiger charge is -2.02. The molecule has 0 spiro atoms. The highest BCUT2D eigenvalue weighted by Gasteiger charge is 2.12. The third-order valence-electron chi connectivity index (χ3n) is 3.53. The summed E-state index contributed by atoms with van der Waals surface area (Å²) < 4.78 is 2.12. The zero-order valence-corrected chi connectivity index (χ0v) is 11.3. The molecule has 0 bridgehead atoms. The highest BCUT2D eigenvalue weighted by atomic mass is 15.0. The van der Waals surface area contributed by atoms with E-state index in [0.717, 1.165) is 16.6 Å². The van der Waals surface area contributed by atoms with Gasteiger partial charge in [-0.3, -0.25) is 0 Å². The van der Waals surface area contributed by atoms with Gasteiger partial charge in [-0.1, -0.05) is 12.1 Å². The van der Waals surface area contributed by atoms with Crippen molar-refractivity contribution in [3.05, 3.63) is 67.0 Å². The van der Waals surface area contributed by atoms with Crippen molar-refractivity contribution in [2.75, 3.05) is 5.73 Å². The molecular weight excluding hydrogens is 260 g/mol. The number of fused-ring (bicyclic) bond motifs is 2. The van der Waals surface area contributed by atoms with E-state index in [1.54, 1.807) is 6.07 Å². The zero-order chi connectivity index (χ0) is 14.2. The van der Waals surface area contributed by atoms with Gasteiger partial charge in [-0.05, 0) is 24.3 Å². The van der Waals surface area contributed by atoms with Gasteiger partial charge in [0, 0.05) is 29.0 Å². The van der Waals surface area contributed by atoms with E-state index < -0.39 is 0 Å². The van der Waals surface area contributed by atoms with Gasteiger partial charge in [0.2, 0.25) is 11.2 Å². The van der Waals surface area contributed by atoms with Gasteiger partial charge in [0.15, 0.2) is 11.8 Å². The minimum atomic E-state index is 0.487. The van der Waals surface area contributed by atoms with Crippen LogP contribution in [0.4, 0.5) is 5.82 Å². The van der Waals surface area contributed by atoms with Gasteiger partial charge in [-0.25, -0.2) is 9.97 Å². The first-order chi connectivity index (χ1) is 10.3. The fourth-order valence-corrected chi connectivity index (χ4v) is 2.53. The fourth-order valence-electron chi connectivity index (χ4n) is 2.53. The Balaban J connectivity index is 1.98. The summed E-state index contributed by atoms with van der Waals surface area (Å²) in [7, 11) is 0. The molecule has 2 N–H and O–H groups in total. The normalized spacial score (nSPS) is 11.0. The number of aromatic nitrogens is 3. The SMILES string of the molecule is Nc1ccc2cc(-[n+]3cccc4ccccc43)cnc2n1. The summed E-state index contributed by atoms with van der Waals surface area (Å²) in [5.41, 5.74) is 8.51. The number of nitrogen functional groups attached to an aromatic ring is 1. The summed E-state index contributed by atoms with van der Waals surface area (Å²) in [5.74, 6) is 0.487. The van der Waals surface area contributed by atoms with Gasteiger partial charge in [-0.15, -0.1) is 0 Å². The molecule has 0 aliphatic rings. The van der Waals surface area contributed by atoms with Crippen LogP contribution in [0.1, 0.15) is 0 Å². The fraction of sp³-hybridized carbons (Fsp3) is 0. The minimum Gasteiger partial charge on any atom is -0.384 e. The number of hydrogen-bond acceptors (Lipinski definition) is 3. The standard InChI is InChI=1S/C17H13N4/c18-16-8-7-13-10-14(11-19-17(13)20-16)21-9-3-5-12-4-1-2-6-15(12)21/h1-11H,(H2,18,19,20)/q+1. The van der Waals surface area contributed by atoms with Crippen molar-refractivity contribution >= 4 is 27.8 Å². The third kappa shape index (κ3) is 1.97. The molecule has 0 saturated carbocycles. The van der Waals surface area contributed by atoms with Gasteiger partial charge >= 0.3 is 0 Å². The molecular formula is C17H13N4+. The van der Waals surface area contributed by atoms with Crippen LogP contribution in [0.25, 0.3) is 27.6 Å². The summed E-state index contributed by atoms with van der Waals surface area (Å²) in [5, 5.41) is 2.16. The molecule has 100 valence electrons. The van der Waals surface area contributed by atoms with Crippen molar-refractivity contribution in [3.8, 4) is 5.69 Å². The number of nitrogens with two attached hydrogens (primary N) is 1. The van der Waals surface area contributed by atoms with Crippen LogP contribution in [-0.4, -0.2) is 9.97 Å². The quantitative estimate of drug-likeness (QED) is 0.542. The van der Waals surface area contributed by atoms with Crippen molar-refractivity contribution in [1.29, 1.82) is 0 Å². The monoisotopic (exact) mass is 273 g/mol. The predicted octanol–water partition coefficient (Wildman–Crippen LogP) is 2.64. The second kappa shape index (κ2) is 4.52. The molecule has 21 heavy (non-hydrogen) atoms. The van der Waals surface area contributed by atoms with Crippen LogP contribution in [0.2, 0.25) is 0 Å². The average Bonchev–Trinajstić information content (AvgIpc) is 2.54. The van der Waals surface area contributed by atoms with Gasteiger partial charge in [-0.2, -0.15) is 4.57 Å². The number of pyridine rings is 3. The summed E-state index contributed by atoms with van der Waals surface area (Å²) in [4.78, 5) is 8.64. The number of anilines is 1. The summed E-state index contributed by atoms with van der Waals surface area (Å²) in [6, 6.07) is 18.2. The van der Waals surface area contributed by atoms with Crippen LogP contribution in [-0.2, 0) is 0 Å². The first kappa shape index (κ1) is 11.8. The van der Waals surface area contributed by atoms with E-state index in [1.165, 1.54) is 5.39 Å². The molecule has 4 nitrogen and oxygen atoms in total. The lowest BCUT2D eigenvalue weighted by atomic mass is 10.2. The smallest absolute Gasteiger partial charge is 0.230 e. The molecule has 0 saturated heterocycles. The van der Waals surface area contributed by atoms with E-state index in [9.17, 15) is 0 Å². The zero-order valence-electron chi connectivity index (χ0n) is 11.3. The van der Waals surface area contributed by atoms with E-state index >= 15 is 0 Å². The maximum atomic E-state index is 5.69. The van der Waals surface area contributed by atoms with Crippen LogP contribution in [0.15, 0.2) is 67.0 Å². The van der Waals surface area contributed by atoms with Crippen LogP contribution in [0.3, 0.4) is 0 Å². The van der Waals surface area contributed by atoms with E-state index in [0.29, 0.717) is 11.5 Å². The lowest BCUT2D eigenvalue weighted by molar-refractivity contribution is -0.567. The van der Waals surface area contributed by atoms with Gasteiger partial charge < -0.3 is 5.73 Å². The van der Waals surface area contributed by atoms with Gasteiger partial charge in [0.05, 0.1) is 0 Å². The Morgan fingerprint density at radius 2 is 1.76 bits per heavy atom. The van der Waals surface area contributed by atoms with Crippen molar-refractivity contribution < 1.29 is 4.57 Å². The summed E-state index contributed by atoms with van der Waals surface area (Å²) >= 11 is 0. The predicted molar refractivity (Wildman–Crippen MR) is 83.0 cm³/mol. The maximum Gasteiger partial charge on any atom is 0.230 e. The molecule has 0 unspecified atom stereocenters. The summed E-state index contributed by atoms with van der Waals surface area (Å²) in [6.45, 7) is 0. The number of hydrogen-bond donors (Lipinski definition) is 1. The molecule has 3 aromatic heterocycles. The molecule has 0 amide bonds. The topological polar surface area (TPSA) is 55.7 Å². The molecule has 4 heteroatoms. The molecule has 4 aromatic rings. The molecule has 3 heterocycles. The number of nitrogens with zero attached hydrogens (tertiary/aromatic N) is 3. The molecule has 0 aliphatic carbocycles. The lowest BCUT2D eigenvalue weighted by Crippen LogP contribution is -2.31. The van der Waals surface area contributed by atoms with E-state index in [2.05, 4.69) is 38.8 Å². The first-order valence-electron chi connectivity index (χ1n) is 6.73. The van der Waals surface area contributed by atoms with Gasteiger partial charge in [0.1, 0.15) is 12.0 Å². The second-order valence-electron chi connectivity index (χ2n) is 4.91. The molecule has 1 aromatic carbocycles. The Bertz CT molecular complexity index is 958. The van der Waals surface area contributed by atoms with Crippen LogP contribution in [0.5, 0.6) is 0 Å². The third-order valence-corrected chi connectivity index (χ3v) is 3.53. The largest absolute Gasteiger partial charge is 0.384 e. The van der Waals surface area contributed by atoms with E-state index in [1.807, 2.05) is 36.7 Å². The van der Waals surface area contributed by atoms with E-state index in [4.69, 9.17) is 5.73 Å². The number of rotatable bonds is 1. The Hall–Kier alpha value is -3.01. The Morgan fingerprint density at radius 1 is 0.905 bits per heavy atom. The van der Waals surface area contributed by atoms with Crippen molar-refractivity contribution in [3.63, 3.8) is 0 Å². The Labute approximate surface area is 121 Å². The van der Waals surface area contributed by atoms with Crippen molar-refractivity contribution in [2.45, 2.75) is 0 Å². The van der Waals surface area contributed by atoms with Crippen LogP contribution in [0, 0.1) is 0 Å². The molecule has 4 rings (SSSR count). The molecule has 0 aliphatic heterocycles. The summed E-state index contributed by atoms with van der Waals surface area (Å²) in [6.07, 6.45) is 3.86. The molecule has 0 radical (unpaired) electrons. The Kier molecular flexibility index (Phi) is 2.54. The highest BCUT2D eigenvalue weighted by Crippen LogP contribution is 2.15. The highest BCUT2D eigenvalue weighted by molar-refractivity contribution is 5.78. The molecule has 0 fully saturated rings. The first-order valence-corrected chi connectivity index (χ1v) is 6.73.